The number of carbonyl (C=O) groups is 2. The third kappa shape index (κ3) is 4.68. The van der Waals surface area contributed by atoms with Crippen molar-refractivity contribution < 1.29 is 19.1 Å². The lowest BCUT2D eigenvalue weighted by Crippen LogP contribution is -2.25. The van der Waals surface area contributed by atoms with Crippen LogP contribution in [0.15, 0.2) is 12.2 Å². The fourth-order valence-corrected chi connectivity index (χ4v) is 1.72. The SMILES string of the molecule is NC(=O)OCC1C=CCC(COC(N)=O)C1. The van der Waals surface area contributed by atoms with Crippen molar-refractivity contribution in [2.75, 3.05) is 13.2 Å². The van der Waals surface area contributed by atoms with Gasteiger partial charge in [0.25, 0.3) is 0 Å². The van der Waals surface area contributed by atoms with E-state index in [1.807, 2.05) is 12.2 Å². The van der Waals surface area contributed by atoms with Crippen molar-refractivity contribution in [2.24, 2.45) is 23.3 Å². The summed E-state index contributed by atoms with van der Waals surface area (Å²) in [5.74, 6) is 0.349. The molecular formula is C10H16N2O4. The lowest BCUT2D eigenvalue weighted by Gasteiger charge is -2.23. The summed E-state index contributed by atoms with van der Waals surface area (Å²) < 4.78 is 9.44. The van der Waals surface area contributed by atoms with E-state index in [4.69, 9.17) is 20.9 Å². The third-order valence-electron chi connectivity index (χ3n) is 2.41. The van der Waals surface area contributed by atoms with Crippen LogP contribution in [0, 0.1) is 11.8 Å². The lowest BCUT2D eigenvalue weighted by molar-refractivity contribution is 0.114. The normalized spacial score (nSPS) is 23.8. The average Bonchev–Trinajstić information content (AvgIpc) is 2.24. The van der Waals surface area contributed by atoms with E-state index in [0.717, 1.165) is 12.8 Å². The second kappa shape index (κ2) is 5.99. The molecule has 0 fully saturated rings. The molecule has 16 heavy (non-hydrogen) atoms. The maximum absolute atomic E-state index is 10.4. The Bertz CT molecular complexity index is 291. The molecule has 0 aliphatic heterocycles. The van der Waals surface area contributed by atoms with Crippen molar-refractivity contribution in [3.05, 3.63) is 12.2 Å². The number of hydrogen-bond donors (Lipinski definition) is 2. The molecule has 4 N–H and O–H groups in total. The first-order valence-electron chi connectivity index (χ1n) is 5.09. The van der Waals surface area contributed by atoms with E-state index >= 15 is 0 Å². The molecule has 0 aromatic heterocycles. The van der Waals surface area contributed by atoms with Crippen LogP contribution in [0.4, 0.5) is 9.59 Å². The molecule has 0 aromatic rings. The Balaban J connectivity index is 2.29. The molecule has 90 valence electrons. The maximum atomic E-state index is 10.4. The van der Waals surface area contributed by atoms with E-state index in [1.165, 1.54) is 0 Å². The molecule has 0 spiro atoms. The van der Waals surface area contributed by atoms with E-state index in [2.05, 4.69) is 0 Å². The zero-order valence-electron chi connectivity index (χ0n) is 8.93. The van der Waals surface area contributed by atoms with E-state index in [9.17, 15) is 9.59 Å². The van der Waals surface area contributed by atoms with Gasteiger partial charge in [0, 0.05) is 5.92 Å². The fraction of sp³-hybridized carbons (Fsp3) is 0.600. The molecule has 0 saturated heterocycles. The summed E-state index contributed by atoms with van der Waals surface area (Å²) in [5, 5.41) is 0. The Morgan fingerprint density at radius 3 is 2.44 bits per heavy atom. The summed E-state index contributed by atoms with van der Waals surface area (Å²) in [6.07, 6.45) is 4.04. The van der Waals surface area contributed by atoms with Gasteiger partial charge in [0.1, 0.15) is 0 Å². The highest BCUT2D eigenvalue weighted by Gasteiger charge is 2.19. The summed E-state index contributed by atoms with van der Waals surface area (Å²) in [5.41, 5.74) is 9.75. The molecule has 6 heteroatoms. The topological polar surface area (TPSA) is 105 Å². The molecule has 2 amide bonds. The van der Waals surface area contributed by atoms with Gasteiger partial charge in [-0.2, -0.15) is 0 Å². The molecule has 1 rings (SSSR count). The van der Waals surface area contributed by atoms with Gasteiger partial charge in [0.2, 0.25) is 0 Å². The first kappa shape index (κ1) is 12.4. The highest BCUT2D eigenvalue weighted by atomic mass is 16.5. The van der Waals surface area contributed by atoms with Crippen molar-refractivity contribution in [2.45, 2.75) is 12.8 Å². The standard InChI is InChI=1S/C10H16N2O4/c11-9(13)15-5-7-2-1-3-8(4-7)6-16-10(12)14/h1-2,7-8H,3-6H2,(H2,11,13)(H2,12,14). The number of hydrogen-bond acceptors (Lipinski definition) is 4. The summed E-state index contributed by atoms with van der Waals surface area (Å²) >= 11 is 0. The third-order valence-corrected chi connectivity index (χ3v) is 2.41. The van der Waals surface area contributed by atoms with Crippen LogP contribution in [-0.4, -0.2) is 25.4 Å². The molecule has 1 aliphatic rings. The molecule has 0 saturated carbocycles. The largest absolute Gasteiger partial charge is 0.449 e. The van der Waals surface area contributed by atoms with E-state index in [-0.39, 0.29) is 18.4 Å². The number of amides is 2. The monoisotopic (exact) mass is 228 g/mol. The average molecular weight is 228 g/mol. The van der Waals surface area contributed by atoms with Gasteiger partial charge in [0.05, 0.1) is 13.2 Å². The number of carbonyl (C=O) groups excluding carboxylic acids is 2. The van der Waals surface area contributed by atoms with Crippen LogP contribution in [0.1, 0.15) is 12.8 Å². The van der Waals surface area contributed by atoms with Gasteiger partial charge in [-0.15, -0.1) is 0 Å². The predicted molar refractivity (Wildman–Crippen MR) is 56.4 cm³/mol. The summed E-state index contributed by atoms with van der Waals surface area (Å²) in [6.45, 7) is 0.561. The van der Waals surface area contributed by atoms with Gasteiger partial charge >= 0.3 is 12.2 Å². The summed E-state index contributed by atoms with van der Waals surface area (Å²) in [6, 6.07) is 0. The Kier molecular flexibility index (Phi) is 4.63. The highest BCUT2D eigenvalue weighted by molar-refractivity contribution is 5.64. The quantitative estimate of drug-likeness (QED) is 0.693. The minimum Gasteiger partial charge on any atom is -0.449 e. The maximum Gasteiger partial charge on any atom is 0.404 e. The molecule has 0 bridgehead atoms. The lowest BCUT2D eigenvalue weighted by atomic mass is 9.87. The van der Waals surface area contributed by atoms with Crippen LogP contribution < -0.4 is 11.5 Å². The molecule has 0 radical (unpaired) electrons. The van der Waals surface area contributed by atoms with E-state index in [0.29, 0.717) is 6.61 Å². The van der Waals surface area contributed by atoms with Gasteiger partial charge in [-0.25, -0.2) is 9.59 Å². The summed E-state index contributed by atoms with van der Waals surface area (Å²) in [4.78, 5) is 20.9. The first-order valence-corrected chi connectivity index (χ1v) is 5.09. The number of nitrogens with two attached hydrogens (primary N) is 2. The molecule has 2 atom stereocenters. The van der Waals surface area contributed by atoms with Crippen LogP contribution in [0.2, 0.25) is 0 Å². The number of ether oxygens (including phenoxy) is 2. The van der Waals surface area contributed by atoms with Crippen LogP contribution in [0.3, 0.4) is 0 Å². The van der Waals surface area contributed by atoms with Crippen molar-refractivity contribution in [1.82, 2.24) is 0 Å². The predicted octanol–water partition coefficient (Wildman–Crippen LogP) is 0.759. The van der Waals surface area contributed by atoms with Crippen LogP contribution in [0.5, 0.6) is 0 Å². The van der Waals surface area contributed by atoms with E-state index < -0.39 is 12.2 Å². The number of allylic oxidation sites excluding steroid dienone is 1. The van der Waals surface area contributed by atoms with Gasteiger partial charge in [-0.05, 0) is 18.8 Å². The summed E-state index contributed by atoms with van der Waals surface area (Å²) in [7, 11) is 0. The minimum absolute atomic E-state index is 0.128. The van der Waals surface area contributed by atoms with Crippen LogP contribution >= 0.6 is 0 Å². The molecule has 1 aliphatic carbocycles. The highest BCUT2D eigenvalue weighted by Crippen LogP contribution is 2.23. The van der Waals surface area contributed by atoms with Gasteiger partial charge in [0.15, 0.2) is 0 Å². The number of primary amides is 2. The van der Waals surface area contributed by atoms with Crippen molar-refractivity contribution in [3.8, 4) is 0 Å². The van der Waals surface area contributed by atoms with Crippen molar-refractivity contribution in [1.29, 1.82) is 0 Å². The molecular weight excluding hydrogens is 212 g/mol. The van der Waals surface area contributed by atoms with Crippen molar-refractivity contribution in [3.63, 3.8) is 0 Å². The zero-order valence-corrected chi connectivity index (χ0v) is 8.93. The van der Waals surface area contributed by atoms with Gasteiger partial charge < -0.3 is 20.9 Å². The second-order valence-electron chi connectivity index (χ2n) is 3.79. The van der Waals surface area contributed by atoms with Gasteiger partial charge in [-0.1, -0.05) is 12.2 Å². The molecule has 6 nitrogen and oxygen atoms in total. The van der Waals surface area contributed by atoms with E-state index in [1.54, 1.807) is 0 Å². The van der Waals surface area contributed by atoms with Crippen molar-refractivity contribution >= 4 is 12.2 Å². The first-order chi connectivity index (χ1) is 7.58. The Morgan fingerprint density at radius 1 is 1.19 bits per heavy atom. The Morgan fingerprint density at radius 2 is 1.81 bits per heavy atom. The smallest absolute Gasteiger partial charge is 0.404 e. The van der Waals surface area contributed by atoms with Crippen LogP contribution in [0.25, 0.3) is 0 Å². The second-order valence-corrected chi connectivity index (χ2v) is 3.79. The molecule has 0 heterocycles. The molecule has 2 unspecified atom stereocenters. The zero-order chi connectivity index (χ0) is 12.0. The number of rotatable bonds is 4. The Hall–Kier alpha value is -1.72. The molecule has 0 aromatic carbocycles. The Labute approximate surface area is 93.6 Å². The van der Waals surface area contributed by atoms with Gasteiger partial charge in [-0.3, -0.25) is 0 Å². The minimum atomic E-state index is -0.774. The van der Waals surface area contributed by atoms with Crippen LogP contribution in [-0.2, 0) is 9.47 Å². The fourth-order valence-electron chi connectivity index (χ4n) is 1.72.